The molecule has 0 amide bonds. The maximum Gasteiger partial charge on any atom is 0.233 e. The molecule has 7 nitrogen and oxygen atoms in total. The lowest BCUT2D eigenvalue weighted by Crippen LogP contribution is -2.15. The second kappa shape index (κ2) is 4.74. The number of nitrogens with one attached hydrogen (secondary N) is 1. The zero-order valence-corrected chi connectivity index (χ0v) is 10.1. The molecule has 0 saturated heterocycles. The second-order valence-electron chi connectivity index (χ2n) is 3.85. The topological polar surface area (TPSA) is 100 Å². The number of nitrogens with two attached hydrogens (primary N) is 1. The lowest BCUT2D eigenvalue weighted by Gasteiger charge is -2.12. The van der Waals surface area contributed by atoms with Crippen LogP contribution in [0.2, 0.25) is 0 Å². The van der Waals surface area contributed by atoms with Crippen molar-refractivity contribution in [2.75, 3.05) is 30.0 Å². The van der Waals surface area contributed by atoms with E-state index >= 15 is 0 Å². The fraction of sp³-hybridized carbons (Fsp3) is 0.182. The van der Waals surface area contributed by atoms with Crippen LogP contribution < -0.4 is 16.0 Å². The third-order valence-corrected chi connectivity index (χ3v) is 2.19. The molecule has 0 unspecified atom stereocenters. The molecule has 0 atom stereocenters. The van der Waals surface area contributed by atoms with E-state index in [0.29, 0.717) is 11.6 Å². The van der Waals surface area contributed by atoms with Gasteiger partial charge in [0.1, 0.15) is 5.75 Å². The standard InChI is InChI=1S/C11H14N6O/c1-17(2)11-15-9(12)14-10(16-11)13-7-5-3-4-6-8(7)18/h3-6,18H,1-2H3,(H3,12,13,14,15,16). The van der Waals surface area contributed by atoms with E-state index in [-0.39, 0.29) is 17.6 Å². The number of aromatic nitrogens is 3. The zero-order chi connectivity index (χ0) is 13.1. The van der Waals surface area contributed by atoms with Gasteiger partial charge >= 0.3 is 0 Å². The summed E-state index contributed by atoms with van der Waals surface area (Å²) in [7, 11) is 3.61. The number of anilines is 4. The van der Waals surface area contributed by atoms with Crippen LogP contribution in [0.15, 0.2) is 24.3 Å². The van der Waals surface area contributed by atoms with Gasteiger partial charge in [0.15, 0.2) is 0 Å². The molecule has 1 aromatic heterocycles. The van der Waals surface area contributed by atoms with Crippen molar-refractivity contribution in [2.24, 2.45) is 0 Å². The minimum absolute atomic E-state index is 0.114. The van der Waals surface area contributed by atoms with Crippen molar-refractivity contribution in [1.29, 1.82) is 0 Å². The van der Waals surface area contributed by atoms with Gasteiger partial charge in [-0.2, -0.15) is 15.0 Å². The molecule has 0 aliphatic heterocycles. The number of para-hydroxylation sites is 2. The van der Waals surface area contributed by atoms with Gasteiger partial charge in [0.25, 0.3) is 0 Å². The second-order valence-corrected chi connectivity index (χ2v) is 3.85. The Morgan fingerprint density at radius 3 is 2.56 bits per heavy atom. The number of hydrogen-bond donors (Lipinski definition) is 3. The Morgan fingerprint density at radius 2 is 1.89 bits per heavy atom. The Hall–Kier alpha value is -2.57. The van der Waals surface area contributed by atoms with Crippen LogP contribution in [0.4, 0.5) is 23.5 Å². The molecule has 0 aliphatic carbocycles. The quantitative estimate of drug-likeness (QED) is 0.694. The molecule has 18 heavy (non-hydrogen) atoms. The first-order chi connectivity index (χ1) is 8.56. The first kappa shape index (κ1) is 11.9. The van der Waals surface area contributed by atoms with E-state index < -0.39 is 0 Å². The Labute approximate surface area is 104 Å². The molecule has 0 radical (unpaired) electrons. The summed E-state index contributed by atoms with van der Waals surface area (Å²) in [6.45, 7) is 0. The molecular formula is C11H14N6O. The molecular weight excluding hydrogens is 232 g/mol. The predicted octanol–water partition coefficient (Wildman–Crippen LogP) is 0.969. The fourth-order valence-electron chi connectivity index (χ4n) is 1.34. The monoisotopic (exact) mass is 246 g/mol. The van der Waals surface area contributed by atoms with Crippen LogP contribution in [0.1, 0.15) is 0 Å². The van der Waals surface area contributed by atoms with Gasteiger partial charge in [-0.1, -0.05) is 12.1 Å². The smallest absolute Gasteiger partial charge is 0.233 e. The van der Waals surface area contributed by atoms with E-state index in [1.807, 2.05) is 0 Å². The molecule has 2 aromatic rings. The Kier molecular flexibility index (Phi) is 3.13. The molecule has 2 rings (SSSR count). The molecule has 1 aromatic carbocycles. The van der Waals surface area contributed by atoms with E-state index in [4.69, 9.17) is 5.73 Å². The maximum atomic E-state index is 9.64. The summed E-state index contributed by atoms with van der Waals surface area (Å²) < 4.78 is 0. The van der Waals surface area contributed by atoms with E-state index in [9.17, 15) is 5.11 Å². The number of rotatable bonds is 3. The van der Waals surface area contributed by atoms with Gasteiger partial charge in [0.05, 0.1) is 5.69 Å². The summed E-state index contributed by atoms with van der Waals surface area (Å²) in [4.78, 5) is 13.8. The number of aromatic hydroxyl groups is 1. The molecule has 1 heterocycles. The van der Waals surface area contributed by atoms with Crippen molar-refractivity contribution in [1.82, 2.24) is 15.0 Å². The van der Waals surface area contributed by atoms with E-state index in [1.165, 1.54) is 0 Å². The van der Waals surface area contributed by atoms with Crippen LogP contribution in [-0.2, 0) is 0 Å². The summed E-state index contributed by atoms with van der Waals surface area (Å²) in [6.07, 6.45) is 0. The zero-order valence-electron chi connectivity index (χ0n) is 10.1. The van der Waals surface area contributed by atoms with Crippen molar-refractivity contribution >= 4 is 23.5 Å². The van der Waals surface area contributed by atoms with Crippen molar-refractivity contribution in [3.63, 3.8) is 0 Å². The summed E-state index contributed by atoms with van der Waals surface area (Å²) in [6, 6.07) is 6.80. The largest absolute Gasteiger partial charge is 0.506 e. The minimum Gasteiger partial charge on any atom is -0.506 e. The van der Waals surface area contributed by atoms with Gasteiger partial charge in [0, 0.05) is 14.1 Å². The van der Waals surface area contributed by atoms with Crippen LogP contribution in [0.5, 0.6) is 5.75 Å². The van der Waals surface area contributed by atoms with E-state index in [2.05, 4.69) is 20.3 Å². The Morgan fingerprint density at radius 1 is 1.17 bits per heavy atom. The molecule has 0 spiro atoms. The number of phenolic OH excluding ortho intramolecular Hbond substituents is 1. The van der Waals surface area contributed by atoms with Crippen LogP contribution in [0, 0.1) is 0 Å². The molecule has 4 N–H and O–H groups in total. The molecule has 0 bridgehead atoms. The first-order valence-corrected chi connectivity index (χ1v) is 5.30. The van der Waals surface area contributed by atoms with Crippen molar-refractivity contribution in [2.45, 2.75) is 0 Å². The van der Waals surface area contributed by atoms with Crippen molar-refractivity contribution in [3.05, 3.63) is 24.3 Å². The molecule has 0 aliphatic rings. The average Bonchev–Trinajstić information content (AvgIpc) is 2.31. The highest BCUT2D eigenvalue weighted by atomic mass is 16.3. The molecule has 94 valence electrons. The van der Waals surface area contributed by atoms with Gasteiger partial charge in [-0.25, -0.2) is 0 Å². The predicted molar refractivity (Wildman–Crippen MR) is 70.0 cm³/mol. The normalized spacial score (nSPS) is 10.1. The SMILES string of the molecule is CN(C)c1nc(N)nc(Nc2ccccc2O)n1. The number of benzene rings is 1. The van der Waals surface area contributed by atoms with Gasteiger partial charge < -0.3 is 21.1 Å². The van der Waals surface area contributed by atoms with Crippen molar-refractivity contribution < 1.29 is 5.11 Å². The van der Waals surface area contributed by atoms with E-state index in [0.717, 1.165) is 0 Å². The van der Waals surface area contributed by atoms with Gasteiger partial charge in [-0.15, -0.1) is 0 Å². The van der Waals surface area contributed by atoms with Crippen LogP contribution in [0.3, 0.4) is 0 Å². The number of hydrogen-bond acceptors (Lipinski definition) is 7. The lowest BCUT2D eigenvalue weighted by molar-refractivity contribution is 0.477. The maximum absolute atomic E-state index is 9.64. The van der Waals surface area contributed by atoms with E-state index in [1.54, 1.807) is 43.3 Å². The van der Waals surface area contributed by atoms with Crippen LogP contribution in [0.25, 0.3) is 0 Å². The molecule has 7 heteroatoms. The molecule has 0 saturated carbocycles. The van der Waals surface area contributed by atoms with Gasteiger partial charge in [-0.05, 0) is 12.1 Å². The Bertz CT molecular complexity index is 557. The molecule has 0 fully saturated rings. The highest BCUT2D eigenvalue weighted by Gasteiger charge is 2.07. The number of nitrogens with zero attached hydrogens (tertiary/aromatic N) is 4. The fourth-order valence-corrected chi connectivity index (χ4v) is 1.34. The summed E-state index contributed by atoms with van der Waals surface area (Å²) in [5.74, 6) is 0.961. The number of nitrogen functional groups attached to an aromatic ring is 1. The van der Waals surface area contributed by atoms with Gasteiger partial charge in [-0.3, -0.25) is 0 Å². The number of phenols is 1. The van der Waals surface area contributed by atoms with Crippen LogP contribution in [-0.4, -0.2) is 34.2 Å². The lowest BCUT2D eigenvalue weighted by atomic mass is 10.3. The van der Waals surface area contributed by atoms with Crippen molar-refractivity contribution in [3.8, 4) is 5.75 Å². The summed E-state index contributed by atoms with van der Waals surface area (Å²) in [5, 5.41) is 12.5. The first-order valence-electron chi connectivity index (χ1n) is 5.30. The highest BCUT2D eigenvalue weighted by molar-refractivity contribution is 5.62. The Balaban J connectivity index is 2.32. The highest BCUT2D eigenvalue weighted by Crippen LogP contribution is 2.24. The minimum atomic E-state index is 0.114. The van der Waals surface area contributed by atoms with Crippen LogP contribution >= 0.6 is 0 Å². The average molecular weight is 246 g/mol. The summed E-state index contributed by atoms with van der Waals surface area (Å²) in [5.41, 5.74) is 6.10. The summed E-state index contributed by atoms with van der Waals surface area (Å²) >= 11 is 0. The third kappa shape index (κ3) is 2.57. The van der Waals surface area contributed by atoms with Gasteiger partial charge in [0.2, 0.25) is 17.8 Å². The third-order valence-electron chi connectivity index (χ3n) is 2.19.